The third-order valence-electron chi connectivity index (χ3n) is 9.25. The maximum atomic E-state index is 13.0. The molecule has 42 heavy (non-hydrogen) atoms. The number of allylic oxidation sites excluding steroid dienone is 3. The Hall–Kier alpha value is -2.08. The summed E-state index contributed by atoms with van der Waals surface area (Å²) < 4.78 is 26.0. The SMILES string of the molecule is [3H]C(C)(C)CNC(=O)OC1/C=C/C(C)C(/C(C)=C/C=C/C(C)CC2OC2C(C)C(C)CC)OC(=O)CC(C)CCC1(C)C. The predicted molar refractivity (Wildman–Crippen MR) is 172 cm³/mol. The van der Waals surface area contributed by atoms with E-state index in [1.807, 2.05) is 26.0 Å². The predicted octanol–water partition coefficient (Wildman–Crippen LogP) is 8.67. The number of epoxide rings is 1. The number of carbonyl (C=O) groups is 2. The van der Waals surface area contributed by atoms with Gasteiger partial charge in [0.25, 0.3) is 0 Å². The van der Waals surface area contributed by atoms with E-state index in [0.29, 0.717) is 36.4 Å². The zero-order valence-electron chi connectivity index (χ0n) is 29.4. The van der Waals surface area contributed by atoms with E-state index in [1.165, 1.54) is 6.42 Å². The van der Waals surface area contributed by atoms with Crippen LogP contribution in [0.25, 0.3) is 0 Å². The van der Waals surface area contributed by atoms with Crippen LogP contribution in [0, 0.1) is 40.9 Å². The zero-order chi connectivity index (χ0) is 32.5. The molecule has 2 aliphatic rings. The van der Waals surface area contributed by atoms with Crippen LogP contribution in [-0.2, 0) is 19.0 Å². The van der Waals surface area contributed by atoms with Crippen molar-refractivity contribution in [1.82, 2.24) is 5.32 Å². The molecule has 1 saturated heterocycles. The summed E-state index contributed by atoms with van der Waals surface area (Å²) in [4.78, 5) is 25.6. The summed E-state index contributed by atoms with van der Waals surface area (Å²) in [6.45, 7) is 23.1. The number of rotatable bonds is 11. The number of ether oxygens (including phenoxy) is 3. The Morgan fingerprint density at radius 2 is 1.90 bits per heavy atom. The molecule has 240 valence electrons. The zero-order valence-corrected chi connectivity index (χ0v) is 28.4. The van der Waals surface area contributed by atoms with Crippen molar-refractivity contribution in [2.45, 2.75) is 133 Å². The van der Waals surface area contributed by atoms with Gasteiger partial charge >= 0.3 is 12.1 Å². The van der Waals surface area contributed by atoms with Gasteiger partial charge in [-0.2, -0.15) is 0 Å². The molecule has 6 nitrogen and oxygen atoms in total. The van der Waals surface area contributed by atoms with Crippen LogP contribution in [0.15, 0.2) is 36.0 Å². The van der Waals surface area contributed by atoms with E-state index in [2.05, 4.69) is 72.0 Å². The van der Waals surface area contributed by atoms with Gasteiger partial charge in [0.15, 0.2) is 0 Å². The van der Waals surface area contributed by atoms with Gasteiger partial charge in [0.2, 0.25) is 0 Å². The molecule has 6 heteroatoms. The Balaban J connectivity index is 2.16. The van der Waals surface area contributed by atoms with Crippen molar-refractivity contribution in [1.29, 1.82) is 0 Å². The van der Waals surface area contributed by atoms with Crippen LogP contribution in [0.5, 0.6) is 0 Å². The normalized spacial score (nSPS) is 32.4. The smallest absolute Gasteiger partial charge is 0.407 e. The lowest BCUT2D eigenvalue weighted by Crippen LogP contribution is -2.38. The highest BCUT2D eigenvalue weighted by atomic mass is 16.6. The van der Waals surface area contributed by atoms with Gasteiger partial charge in [0.05, 0.1) is 12.2 Å². The molecule has 0 radical (unpaired) electrons. The van der Waals surface area contributed by atoms with Crippen molar-refractivity contribution in [3.05, 3.63) is 36.0 Å². The molecule has 1 N–H and O–H groups in total. The van der Waals surface area contributed by atoms with Gasteiger partial charge in [-0.1, -0.05) is 100.0 Å². The Bertz CT molecular complexity index is 996. The van der Waals surface area contributed by atoms with Gasteiger partial charge in [-0.25, -0.2) is 4.79 Å². The van der Waals surface area contributed by atoms with Crippen LogP contribution >= 0.6 is 0 Å². The van der Waals surface area contributed by atoms with E-state index in [4.69, 9.17) is 15.6 Å². The van der Waals surface area contributed by atoms with E-state index in [9.17, 15) is 9.59 Å². The highest BCUT2D eigenvalue weighted by molar-refractivity contribution is 5.70. The quantitative estimate of drug-likeness (QED) is 0.113. The lowest BCUT2D eigenvalue weighted by molar-refractivity contribution is -0.149. The summed E-state index contributed by atoms with van der Waals surface area (Å²) in [5.41, 5.74) is 0.633. The number of carbonyl (C=O) groups excluding carboxylic acids is 2. The first kappa shape index (κ1) is 34.4. The minimum absolute atomic E-state index is 0.124. The topological polar surface area (TPSA) is 77.2 Å². The Labute approximate surface area is 258 Å². The van der Waals surface area contributed by atoms with Crippen LogP contribution in [0.2, 0.25) is 0 Å². The number of nitrogens with one attached hydrogen (secondary N) is 1. The molecule has 0 spiro atoms. The van der Waals surface area contributed by atoms with Gasteiger partial charge in [0.1, 0.15) is 12.2 Å². The molecule has 0 aliphatic carbocycles. The van der Waals surface area contributed by atoms with Crippen LogP contribution in [0.1, 0.15) is 110 Å². The minimum atomic E-state index is -0.784. The molecule has 2 heterocycles. The van der Waals surface area contributed by atoms with Crippen LogP contribution < -0.4 is 5.32 Å². The Morgan fingerprint density at radius 1 is 1.21 bits per heavy atom. The van der Waals surface area contributed by atoms with Gasteiger partial charge < -0.3 is 19.5 Å². The van der Waals surface area contributed by atoms with E-state index in [0.717, 1.165) is 24.8 Å². The molecule has 1 fully saturated rings. The highest BCUT2D eigenvalue weighted by Gasteiger charge is 2.44. The Kier molecular flexibility index (Phi) is 13.7. The fraction of sp³-hybridized carbons (Fsp3) is 0.778. The summed E-state index contributed by atoms with van der Waals surface area (Å²) >= 11 is 0. The molecule has 2 rings (SSSR count). The molecule has 0 aromatic rings. The van der Waals surface area contributed by atoms with Crippen molar-refractivity contribution in [3.8, 4) is 0 Å². The standard InChI is InChI=1S/C36H61NO5/c1-12-26(6)29(9)34-30(40-34)20-24(4)14-13-15-27(7)33-28(8)16-17-31(41-35(39)37-22-23(2)3)36(10,11)19-18-25(5)21-32(38)42-33/h13-17,23-26,28-31,33-34H,12,18-22H2,1-11H3,(H,37,39)/b14-13+,17-16+,27-15+/i23T. The maximum absolute atomic E-state index is 13.0. The van der Waals surface area contributed by atoms with E-state index in [1.54, 1.807) is 13.8 Å². The molecule has 9 unspecified atom stereocenters. The van der Waals surface area contributed by atoms with Gasteiger partial charge in [-0.15, -0.1) is 0 Å². The van der Waals surface area contributed by atoms with Crippen molar-refractivity contribution in [2.24, 2.45) is 40.9 Å². The maximum Gasteiger partial charge on any atom is 0.407 e. The fourth-order valence-electron chi connectivity index (χ4n) is 5.64. The van der Waals surface area contributed by atoms with Crippen molar-refractivity contribution < 1.29 is 25.2 Å². The largest absolute Gasteiger partial charge is 0.457 e. The molecule has 0 saturated carbocycles. The van der Waals surface area contributed by atoms with E-state index >= 15 is 0 Å². The summed E-state index contributed by atoms with van der Waals surface area (Å²) in [5, 5.41) is 2.73. The first-order valence-electron chi connectivity index (χ1n) is 16.8. The second-order valence-corrected chi connectivity index (χ2v) is 14.3. The molecule has 1 amide bonds. The van der Waals surface area contributed by atoms with Crippen molar-refractivity contribution >= 4 is 12.1 Å². The van der Waals surface area contributed by atoms with Gasteiger partial charge in [-0.3, -0.25) is 4.79 Å². The van der Waals surface area contributed by atoms with Crippen LogP contribution in [0.3, 0.4) is 0 Å². The number of esters is 1. The first-order chi connectivity index (χ1) is 19.9. The van der Waals surface area contributed by atoms with Crippen molar-refractivity contribution in [2.75, 3.05) is 6.54 Å². The third-order valence-corrected chi connectivity index (χ3v) is 9.25. The molecule has 0 aromatic carbocycles. The molecular formula is C36H61NO5. The van der Waals surface area contributed by atoms with E-state index < -0.39 is 24.2 Å². The monoisotopic (exact) mass is 589 g/mol. The molecular weight excluding hydrogens is 526 g/mol. The van der Waals surface area contributed by atoms with Crippen LogP contribution in [-0.4, -0.2) is 43.0 Å². The minimum Gasteiger partial charge on any atom is -0.457 e. The lowest BCUT2D eigenvalue weighted by atomic mass is 9.78. The average Bonchev–Trinajstić information content (AvgIpc) is 3.68. The third kappa shape index (κ3) is 11.9. The highest BCUT2D eigenvalue weighted by Crippen LogP contribution is 2.38. The number of cyclic esters (lactones) is 1. The summed E-state index contributed by atoms with van der Waals surface area (Å²) in [6.07, 6.45) is 13.7. The Morgan fingerprint density at radius 3 is 2.55 bits per heavy atom. The number of alkyl carbamates (subject to hydrolysis) is 1. The summed E-state index contributed by atoms with van der Waals surface area (Å²) in [5.74, 6) is 0.693. The second kappa shape index (κ2) is 16.7. The fourth-order valence-corrected chi connectivity index (χ4v) is 5.64. The molecule has 2 aliphatic heterocycles. The summed E-state index contributed by atoms with van der Waals surface area (Å²) in [7, 11) is 0. The summed E-state index contributed by atoms with van der Waals surface area (Å²) in [6, 6.07) is 0. The molecule has 9 atom stereocenters. The second-order valence-electron chi connectivity index (χ2n) is 14.3. The lowest BCUT2D eigenvalue weighted by Gasteiger charge is -2.34. The number of hydrogen-bond donors (Lipinski definition) is 1. The van der Waals surface area contributed by atoms with Crippen LogP contribution in [0.4, 0.5) is 4.79 Å². The van der Waals surface area contributed by atoms with Gasteiger partial charge in [0, 0.05) is 25.7 Å². The first-order valence-corrected chi connectivity index (χ1v) is 16.3. The van der Waals surface area contributed by atoms with Crippen molar-refractivity contribution in [3.63, 3.8) is 0 Å². The van der Waals surface area contributed by atoms with E-state index in [-0.39, 0.29) is 29.8 Å². The number of hydrogen-bond acceptors (Lipinski definition) is 5. The average molecular weight is 590 g/mol. The molecule has 0 aromatic heterocycles. The number of amides is 1. The molecule has 0 bridgehead atoms. The van der Waals surface area contributed by atoms with Gasteiger partial charge in [-0.05, 0) is 67.4 Å².